The fourth-order valence-electron chi connectivity index (χ4n) is 0.0900. The van der Waals surface area contributed by atoms with Crippen molar-refractivity contribution in [2.75, 3.05) is 4.43 Å². The van der Waals surface area contributed by atoms with E-state index in [-0.39, 0.29) is 4.11 Å². The normalized spacial score (nSPS) is 14.5. The first kappa shape index (κ1) is 7.42. The molecule has 0 aromatic rings. The first-order valence-electron chi connectivity index (χ1n) is 1.65. The quantitative estimate of drug-likeness (QED) is 0.606. The second-order valence-electron chi connectivity index (χ2n) is 0.912. The molecule has 1 nitrogen and oxygen atoms in total. The van der Waals surface area contributed by atoms with E-state index < -0.39 is 0 Å². The van der Waals surface area contributed by atoms with E-state index in [1.54, 1.807) is 0 Å². The molecular weight excluding hydrogens is 306 g/mol. The molecule has 0 radical (unpaired) electrons. The Morgan fingerprint density at radius 1 is 1.67 bits per heavy atom. The lowest BCUT2D eigenvalue weighted by molar-refractivity contribution is 0.277. The van der Waals surface area contributed by atoms with Crippen LogP contribution in [0.1, 0.15) is 6.42 Å². The van der Waals surface area contributed by atoms with Crippen LogP contribution in [0.2, 0.25) is 0 Å². The standard InChI is InChI=1S/C3H6I2O/c4-2-1-3(5)6/h3,6H,1-2H2. The maximum atomic E-state index is 8.53. The van der Waals surface area contributed by atoms with Gasteiger partial charge in [-0.3, -0.25) is 0 Å². The van der Waals surface area contributed by atoms with Crippen LogP contribution in [0.25, 0.3) is 0 Å². The SMILES string of the molecule is OC(I)CCI. The van der Waals surface area contributed by atoms with Crippen LogP contribution in [-0.4, -0.2) is 13.6 Å². The van der Waals surface area contributed by atoms with Crippen molar-refractivity contribution >= 4 is 45.2 Å². The van der Waals surface area contributed by atoms with E-state index in [0.717, 1.165) is 10.8 Å². The van der Waals surface area contributed by atoms with Crippen LogP contribution in [0, 0.1) is 0 Å². The lowest BCUT2D eigenvalue weighted by atomic mass is 10.5. The van der Waals surface area contributed by atoms with E-state index in [0.29, 0.717) is 0 Å². The summed E-state index contributed by atoms with van der Waals surface area (Å²) >= 11 is 4.23. The zero-order chi connectivity index (χ0) is 4.99. The number of aliphatic hydroxyl groups excluding tert-OH is 1. The van der Waals surface area contributed by atoms with Gasteiger partial charge in [-0.25, -0.2) is 0 Å². The lowest BCUT2D eigenvalue weighted by Gasteiger charge is -1.92. The number of hydrogen-bond acceptors (Lipinski definition) is 1. The summed E-state index contributed by atoms with van der Waals surface area (Å²) in [6.07, 6.45) is 0.904. The van der Waals surface area contributed by atoms with E-state index in [1.165, 1.54) is 0 Å². The Morgan fingerprint density at radius 2 is 2.17 bits per heavy atom. The molecule has 0 aliphatic carbocycles. The highest BCUT2D eigenvalue weighted by Gasteiger charge is 1.90. The average Bonchev–Trinajstić information content (AvgIpc) is 1.35. The number of aliphatic hydroxyl groups is 1. The molecule has 0 rings (SSSR count). The van der Waals surface area contributed by atoms with Crippen LogP contribution in [0.5, 0.6) is 0 Å². The fraction of sp³-hybridized carbons (Fsp3) is 1.00. The molecule has 38 valence electrons. The van der Waals surface area contributed by atoms with Gasteiger partial charge in [0.1, 0.15) is 4.11 Å². The molecule has 0 heterocycles. The Bertz CT molecular complexity index is 30.0. The number of rotatable bonds is 2. The van der Waals surface area contributed by atoms with Gasteiger partial charge < -0.3 is 5.11 Å². The maximum Gasteiger partial charge on any atom is 0.106 e. The molecule has 0 saturated carbocycles. The van der Waals surface area contributed by atoms with Crippen molar-refractivity contribution in [2.45, 2.75) is 10.5 Å². The van der Waals surface area contributed by atoms with Gasteiger partial charge in [-0.05, 0) is 6.42 Å². The largest absolute Gasteiger partial charge is 0.383 e. The molecule has 0 saturated heterocycles. The Morgan fingerprint density at radius 3 is 2.17 bits per heavy atom. The molecule has 0 aromatic carbocycles. The summed E-state index contributed by atoms with van der Waals surface area (Å²) in [5.74, 6) is 0. The molecule has 0 aromatic heterocycles. The van der Waals surface area contributed by atoms with Gasteiger partial charge in [-0.15, -0.1) is 0 Å². The zero-order valence-electron chi connectivity index (χ0n) is 3.19. The summed E-state index contributed by atoms with van der Waals surface area (Å²) in [7, 11) is 0. The second kappa shape index (κ2) is 4.58. The van der Waals surface area contributed by atoms with E-state index in [9.17, 15) is 0 Å². The summed E-state index contributed by atoms with van der Waals surface area (Å²) < 4.78 is 0.904. The molecule has 3 heteroatoms. The van der Waals surface area contributed by atoms with E-state index >= 15 is 0 Å². The minimum atomic E-state index is -0.139. The highest BCUT2D eigenvalue weighted by Crippen LogP contribution is 2.02. The Balaban J connectivity index is 2.63. The molecule has 0 fully saturated rings. The third-order valence-corrected chi connectivity index (χ3v) is 1.59. The smallest absolute Gasteiger partial charge is 0.106 e. The first-order valence-corrected chi connectivity index (χ1v) is 4.42. The van der Waals surface area contributed by atoms with Crippen LogP contribution in [0.3, 0.4) is 0 Å². The van der Waals surface area contributed by atoms with Gasteiger partial charge in [0.05, 0.1) is 0 Å². The monoisotopic (exact) mass is 312 g/mol. The highest BCUT2D eigenvalue weighted by molar-refractivity contribution is 14.1. The first-order chi connectivity index (χ1) is 2.77. The van der Waals surface area contributed by atoms with Crippen molar-refractivity contribution in [1.29, 1.82) is 0 Å². The number of alkyl halides is 2. The molecule has 0 amide bonds. The molecule has 0 bridgehead atoms. The Hall–Kier alpha value is 1.42. The topological polar surface area (TPSA) is 20.2 Å². The maximum absolute atomic E-state index is 8.53. The fourth-order valence-corrected chi connectivity index (χ4v) is 2.18. The zero-order valence-corrected chi connectivity index (χ0v) is 7.51. The summed E-state index contributed by atoms with van der Waals surface area (Å²) in [6, 6.07) is 0. The van der Waals surface area contributed by atoms with Gasteiger partial charge in [0, 0.05) is 4.43 Å². The molecule has 0 spiro atoms. The van der Waals surface area contributed by atoms with Crippen molar-refractivity contribution in [2.24, 2.45) is 0 Å². The van der Waals surface area contributed by atoms with Gasteiger partial charge in [0.25, 0.3) is 0 Å². The van der Waals surface area contributed by atoms with E-state index in [1.807, 2.05) is 22.6 Å². The third-order valence-electron chi connectivity index (χ3n) is 0.347. The molecule has 6 heavy (non-hydrogen) atoms. The van der Waals surface area contributed by atoms with Gasteiger partial charge in [-0.2, -0.15) is 0 Å². The second-order valence-corrected chi connectivity index (χ2v) is 3.43. The molecule has 1 unspecified atom stereocenters. The minimum Gasteiger partial charge on any atom is -0.383 e. The van der Waals surface area contributed by atoms with Crippen LogP contribution in [0.4, 0.5) is 0 Å². The van der Waals surface area contributed by atoms with E-state index in [2.05, 4.69) is 22.6 Å². The van der Waals surface area contributed by atoms with Crippen molar-refractivity contribution in [3.05, 3.63) is 0 Å². The van der Waals surface area contributed by atoms with Crippen molar-refractivity contribution in [1.82, 2.24) is 0 Å². The molecule has 0 aliphatic rings. The Labute approximate surface area is 64.8 Å². The number of hydrogen-bond donors (Lipinski definition) is 1. The lowest BCUT2D eigenvalue weighted by Crippen LogP contribution is -1.92. The van der Waals surface area contributed by atoms with Crippen LogP contribution >= 0.6 is 45.2 Å². The van der Waals surface area contributed by atoms with Crippen molar-refractivity contribution in [3.63, 3.8) is 0 Å². The average molecular weight is 312 g/mol. The number of halogens is 2. The third kappa shape index (κ3) is 5.42. The van der Waals surface area contributed by atoms with Crippen LogP contribution in [0.15, 0.2) is 0 Å². The van der Waals surface area contributed by atoms with Gasteiger partial charge in [0.15, 0.2) is 0 Å². The predicted molar refractivity (Wildman–Crippen MR) is 43.5 cm³/mol. The molecular formula is C3H6I2O. The van der Waals surface area contributed by atoms with Crippen molar-refractivity contribution in [3.8, 4) is 0 Å². The van der Waals surface area contributed by atoms with Crippen LogP contribution < -0.4 is 0 Å². The van der Waals surface area contributed by atoms with Crippen molar-refractivity contribution < 1.29 is 5.11 Å². The van der Waals surface area contributed by atoms with Crippen LogP contribution in [-0.2, 0) is 0 Å². The molecule has 1 N–H and O–H groups in total. The molecule has 0 aliphatic heterocycles. The molecule has 1 atom stereocenters. The summed E-state index contributed by atoms with van der Waals surface area (Å²) in [4.78, 5) is 0. The summed E-state index contributed by atoms with van der Waals surface area (Å²) in [5.41, 5.74) is 0. The van der Waals surface area contributed by atoms with E-state index in [4.69, 9.17) is 5.11 Å². The predicted octanol–water partition coefficient (Wildman–Crippen LogP) is 1.56. The highest BCUT2D eigenvalue weighted by atomic mass is 127. The van der Waals surface area contributed by atoms with Gasteiger partial charge in [0.2, 0.25) is 0 Å². The van der Waals surface area contributed by atoms with Gasteiger partial charge in [-0.1, -0.05) is 45.2 Å². The minimum absolute atomic E-state index is 0.139. The Kier molecular flexibility index (Phi) is 5.66. The summed E-state index contributed by atoms with van der Waals surface area (Å²) in [5, 5.41) is 8.53. The van der Waals surface area contributed by atoms with Gasteiger partial charge >= 0.3 is 0 Å². The summed E-state index contributed by atoms with van der Waals surface area (Å²) in [6.45, 7) is 0.